The van der Waals surface area contributed by atoms with Gasteiger partial charge >= 0.3 is 0 Å². The number of rotatable bonds is 6. The highest BCUT2D eigenvalue weighted by atomic mass is 16.5. The average Bonchev–Trinajstić information content (AvgIpc) is 2.96. The molecule has 5 heteroatoms. The van der Waals surface area contributed by atoms with Crippen molar-refractivity contribution in [2.75, 3.05) is 11.9 Å². The molecule has 0 amide bonds. The molecule has 122 valence electrons. The Labute approximate surface area is 132 Å². The largest absolute Gasteiger partial charge is 0.473 e. The molecule has 0 radical (unpaired) electrons. The maximum absolute atomic E-state index is 9.16. The molecular weight excluding hydrogens is 278 g/mol. The normalized spacial score (nSPS) is 26.0. The van der Waals surface area contributed by atoms with Gasteiger partial charge in [-0.1, -0.05) is 12.8 Å². The van der Waals surface area contributed by atoms with Crippen molar-refractivity contribution in [2.45, 2.75) is 69.9 Å². The lowest BCUT2D eigenvalue weighted by atomic mass is 9.98. The molecule has 2 N–H and O–H groups in total. The molecule has 0 aromatic carbocycles. The van der Waals surface area contributed by atoms with Crippen molar-refractivity contribution in [2.24, 2.45) is 5.92 Å². The molecule has 2 unspecified atom stereocenters. The third-order valence-electron chi connectivity index (χ3n) is 4.94. The minimum absolute atomic E-state index is 0.263. The quantitative estimate of drug-likeness (QED) is 0.845. The highest BCUT2D eigenvalue weighted by molar-refractivity contribution is 5.35. The van der Waals surface area contributed by atoms with E-state index in [1.54, 1.807) is 12.4 Å². The van der Waals surface area contributed by atoms with Crippen molar-refractivity contribution >= 4 is 5.82 Å². The minimum atomic E-state index is 0.263. The van der Waals surface area contributed by atoms with Gasteiger partial charge in [0.05, 0.1) is 12.4 Å². The van der Waals surface area contributed by atoms with Crippen LogP contribution in [-0.2, 0) is 0 Å². The highest BCUT2D eigenvalue weighted by Crippen LogP contribution is 2.30. The molecule has 2 atom stereocenters. The first-order valence-electron chi connectivity index (χ1n) is 8.71. The van der Waals surface area contributed by atoms with Crippen LogP contribution in [0.2, 0.25) is 0 Å². The Bertz CT molecular complexity index is 463. The molecule has 5 nitrogen and oxygen atoms in total. The van der Waals surface area contributed by atoms with Crippen LogP contribution in [-0.4, -0.2) is 33.8 Å². The Hall–Kier alpha value is -1.36. The van der Waals surface area contributed by atoms with E-state index in [1.165, 1.54) is 32.1 Å². The van der Waals surface area contributed by atoms with E-state index in [-0.39, 0.29) is 6.61 Å². The summed E-state index contributed by atoms with van der Waals surface area (Å²) in [5.74, 6) is 1.96. The fraction of sp³-hybridized carbons (Fsp3) is 0.765. The van der Waals surface area contributed by atoms with Crippen molar-refractivity contribution in [3.63, 3.8) is 0 Å². The first-order chi connectivity index (χ1) is 10.8. The van der Waals surface area contributed by atoms with Crippen LogP contribution in [0, 0.1) is 5.92 Å². The zero-order valence-electron chi connectivity index (χ0n) is 13.2. The lowest BCUT2D eigenvalue weighted by Crippen LogP contribution is -2.25. The molecule has 0 spiro atoms. The lowest BCUT2D eigenvalue weighted by molar-refractivity contribution is 0.148. The van der Waals surface area contributed by atoms with Gasteiger partial charge < -0.3 is 15.2 Å². The Balaban J connectivity index is 1.58. The van der Waals surface area contributed by atoms with Gasteiger partial charge in [0.2, 0.25) is 5.88 Å². The van der Waals surface area contributed by atoms with Crippen molar-refractivity contribution in [3.8, 4) is 5.88 Å². The van der Waals surface area contributed by atoms with Crippen LogP contribution >= 0.6 is 0 Å². The maximum atomic E-state index is 9.16. The molecule has 1 heterocycles. The van der Waals surface area contributed by atoms with Crippen molar-refractivity contribution in [1.29, 1.82) is 0 Å². The first kappa shape index (κ1) is 15.5. The third kappa shape index (κ3) is 4.09. The minimum Gasteiger partial charge on any atom is -0.473 e. The number of aromatic nitrogens is 2. The zero-order chi connectivity index (χ0) is 15.2. The molecule has 0 aliphatic heterocycles. The van der Waals surface area contributed by atoms with E-state index in [0.29, 0.717) is 23.9 Å². The lowest BCUT2D eigenvalue weighted by Gasteiger charge is -2.23. The third-order valence-corrected chi connectivity index (χ3v) is 4.94. The van der Waals surface area contributed by atoms with Gasteiger partial charge in [0.25, 0.3) is 0 Å². The topological polar surface area (TPSA) is 67.3 Å². The average molecular weight is 305 g/mol. The van der Waals surface area contributed by atoms with Crippen molar-refractivity contribution < 1.29 is 9.84 Å². The molecule has 0 bridgehead atoms. The molecule has 3 rings (SSSR count). The van der Waals surface area contributed by atoms with Gasteiger partial charge in [0.15, 0.2) is 0 Å². The molecule has 0 saturated heterocycles. The van der Waals surface area contributed by atoms with E-state index in [1.807, 2.05) is 0 Å². The Morgan fingerprint density at radius 2 is 1.95 bits per heavy atom. The summed E-state index contributed by atoms with van der Waals surface area (Å²) in [5, 5.41) is 12.6. The molecular formula is C17H27N3O2. The second kappa shape index (κ2) is 7.77. The maximum Gasteiger partial charge on any atom is 0.234 e. The molecule has 2 aliphatic rings. The monoisotopic (exact) mass is 305 g/mol. The van der Waals surface area contributed by atoms with Gasteiger partial charge in [-0.15, -0.1) is 0 Å². The van der Waals surface area contributed by atoms with Gasteiger partial charge in [-0.2, -0.15) is 4.98 Å². The standard InChI is InChI=1S/C17H27N3O2/c21-10-9-13-5-4-8-15(13)19-16-11-18-12-17(20-16)22-14-6-2-1-3-7-14/h11-15,21H,1-10H2,(H,19,20). The summed E-state index contributed by atoms with van der Waals surface area (Å²) in [4.78, 5) is 8.83. The number of ether oxygens (including phenoxy) is 1. The number of nitrogens with zero attached hydrogens (tertiary/aromatic N) is 2. The number of hydrogen-bond acceptors (Lipinski definition) is 5. The number of aliphatic hydroxyl groups excluding tert-OH is 1. The Kier molecular flexibility index (Phi) is 5.48. The van der Waals surface area contributed by atoms with Crippen LogP contribution < -0.4 is 10.1 Å². The summed E-state index contributed by atoms with van der Waals surface area (Å²) >= 11 is 0. The summed E-state index contributed by atoms with van der Waals surface area (Å²) in [7, 11) is 0. The van der Waals surface area contributed by atoms with Gasteiger partial charge in [-0.05, 0) is 50.9 Å². The molecule has 1 aromatic heterocycles. The highest BCUT2D eigenvalue weighted by Gasteiger charge is 2.27. The first-order valence-corrected chi connectivity index (χ1v) is 8.71. The number of nitrogens with one attached hydrogen (secondary N) is 1. The number of aliphatic hydroxyl groups is 1. The van der Waals surface area contributed by atoms with E-state index in [4.69, 9.17) is 9.84 Å². The van der Waals surface area contributed by atoms with Gasteiger partial charge in [0.1, 0.15) is 11.9 Å². The van der Waals surface area contributed by atoms with Crippen LogP contribution in [0.3, 0.4) is 0 Å². The predicted molar refractivity (Wildman–Crippen MR) is 86.0 cm³/mol. The Morgan fingerprint density at radius 1 is 1.09 bits per heavy atom. The van der Waals surface area contributed by atoms with E-state index in [0.717, 1.165) is 31.5 Å². The molecule has 2 saturated carbocycles. The summed E-state index contributed by atoms with van der Waals surface area (Å²) in [6.07, 6.45) is 14.2. The van der Waals surface area contributed by atoms with Crippen molar-refractivity contribution in [1.82, 2.24) is 9.97 Å². The van der Waals surface area contributed by atoms with E-state index < -0.39 is 0 Å². The second-order valence-electron chi connectivity index (χ2n) is 6.57. The van der Waals surface area contributed by atoms with Crippen LogP contribution in [0.5, 0.6) is 5.88 Å². The molecule has 2 aliphatic carbocycles. The smallest absolute Gasteiger partial charge is 0.234 e. The summed E-state index contributed by atoms with van der Waals surface area (Å²) in [6.45, 7) is 0.263. The van der Waals surface area contributed by atoms with Gasteiger partial charge in [-0.3, -0.25) is 4.98 Å². The number of hydrogen-bond donors (Lipinski definition) is 2. The van der Waals surface area contributed by atoms with E-state index >= 15 is 0 Å². The van der Waals surface area contributed by atoms with Crippen LogP contribution in [0.1, 0.15) is 57.8 Å². The van der Waals surface area contributed by atoms with Crippen LogP contribution in [0.4, 0.5) is 5.82 Å². The zero-order valence-corrected chi connectivity index (χ0v) is 13.2. The van der Waals surface area contributed by atoms with Crippen LogP contribution in [0.25, 0.3) is 0 Å². The fourth-order valence-corrected chi connectivity index (χ4v) is 3.76. The van der Waals surface area contributed by atoms with E-state index in [2.05, 4.69) is 15.3 Å². The van der Waals surface area contributed by atoms with Crippen molar-refractivity contribution in [3.05, 3.63) is 12.4 Å². The molecule has 2 fully saturated rings. The van der Waals surface area contributed by atoms with Gasteiger partial charge in [0, 0.05) is 12.6 Å². The molecule has 22 heavy (non-hydrogen) atoms. The fourth-order valence-electron chi connectivity index (χ4n) is 3.76. The van der Waals surface area contributed by atoms with E-state index in [9.17, 15) is 0 Å². The predicted octanol–water partition coefficient (Wildman–Crippen LogP) is 3.15. The SMILES string of the molecule is OCCC1CCCC1Nc1cncc(OC2CCCCC2)n1. The van der Waals surface area contributed by atoms with Crippen LogP contribution in [0.15, 0.2) is 12.4 Å². The summed E-state index contributed by atoms with van der Waals surface area (Å²) < 4.78 is 5.98. The second-order valence-corrected chi connectivity index (χ2v) is 6.57. The Morgan fingerprint density at radius 3 is 2.77 bits per heavy atom. The van der Waals surface area contributed by atoms with Gasteiger partial charge in [-0.25, -0.2) is 0 Å². The summed E-state index contributed by atoms with van der Waals surface area (Å²) in [5.41, 5.74) is 0. The number of anilines is 1. The summed E-state index contributed by atoms with van der Waals surface area (Å²) in [6, 6.07) is 0.395. The molecule has 1 aromatic rings.